The maximum absolute atomic E-state index is 6.32. The van der Waals surface area contributed by atoms with Crippen LogP contribution in [0.5, 0.6) is 23.0 Å². The first-order chi connectivity index (χ1) is 35.0. The minimum absolute atomic E-state index is 0.488. The van der Waals surface area contributed by atoms with Crippen LogP contribution in [0.3, 0.4) is 0 Å². The van der Waals surface area contributed by atoms with Gasteiger partial charge in [-0.1, -0.05) is 171 Å². The fourth-order valence-corrected chi connectivity index (χ4v) is 10.6. The zero-order valence-corrected chi connectivity index (χ0v) is 42.4. The number of hydrogen-bond acceptors (Lipinski definition) is 6. The number of methoxy groups -OCH3 is 2. The van der Waals surface area contributed by atoms with E-state index >= 15 is 0 Å². The molecule has 0 saturated carbocycles. The summed E-state index contributed by atoms with van der Waals surface area (Å²) in [5.41, 5.74) is 12.9. The van der Waals surface area contributed by atoms with Crippen molar-refractivity contribution in [2.24, 2.45) is 0 Å². The van der Waals surface area contributed by atoms with Crippen molar-refractivity contribution in [1.29, 1.82) is 0 Å². The van der Waals surface area contributed by atoms with Gasteiger partial charge in [0.2, 0.25) is 0 Å². The molecule has 362 valence electrons. The van der Waals surface area contributed by atoms with Gasteiger partial charge >= 0.3 is 0 Å². The monoisotopic (exact) mass is 948 g/mol. The van der Waals surface area contributed by atoms with E-state index in [0.717, 1.165) is 83.0 Å². The van der Waals surface area contributed by atoms with Gasteiger partial charge in [0.25, 0.3) is 0 Å². The molecule has 0 radical (unpaired) electrons. The highest BCUT2D eigenvalue weighted by Gasteiger charge is 2.38. The number of benzene rings is 7. The summed E-state index contributed by atoms with van der Waals surface area (Å²) in [6, 6.07) is 60.3. The Bertz CT molecular complexity index is 2990. The minimum Gasteiger partial charge on any atom is -0.497 e. The summed E-state index contributed by atoms with van der Waals surface area (Å²) in [6.07, 6.45) is 15.5. The largest absolute Gasteiger partial charge is 0.497 e. The number of anilines is 2. The molecule has 0 fully saturated rings. The quantitative estimate of drug-likeness (QED) is 0.0799. The van der Waals surface area contributed by atoms with Gasteiger partial charge < -0.3 is 28.7 Å². The van der Waals surface area contributed by atoms with Crippen molar-refractivity contribution < 1.29 is 18.9 Å². The molecule has 6 nitrogen and oxygen atoms in total. The Labute approximate surface area is 426 Å². The van der Waals surface area contributed by atoms with Gasteiger partial charge in [-0.15, -0.1) is 0 Å². The Morgan fingerprint density at radius 2 is 0.819 bits per heavy atom. The van der Waals surface area contributed by atoms with Crippen LogP contribution in [0.25, 0.3) is 0 Å². The number of hydrogen-bond donors (Lipinski definition) is 0. The second-order valence-corrected chi connectivity index (χ2v) is 19.1. The molecule has 2 heterocycles. The first-order valence-corrected chi connectivity index (χ1v) is 24.6. The number of fused-ring (bicyclic) bond motifs is 2. The summed E-state index contributed by atoms with van der Waals surface area (Å²) in [4.78, 5) is 4.11. The van der Waals surface area contributed by atoms with Crippen LogP contribution < -0.4 is 28.7 Å². The van der Waals surface area contributed by atoms with Crippen LogP contribution in [0.1, 0.15) is 44.5 Å². The van der Waals surface area contributed by atoms with E-state index in [2.05, 4.69) is 181 Å². The predicted octanol–water partition coefficient (Wildman–Crippen LogP) is 14.7. The van der Waals surface area contributed by atoms with Crippen molar-refractivity contribution in [3.63, 3.8) is 0 Å². The topological polar surface area (TPSA) is 43.4 Å². The molecule has 2 unspecified atom stereocenters. The summed E-state index contributed by atoms with van der Waals surface area (Å²) in [7, 11) is 7.37. The third kappa shape index (κ3) is 10.2. The summed E-state index contributed by atoms with van der Waals surface area (Å²) < 4.78 is 23.6. The molecule has 0 amide bonds. The smallest absolute Gasteiger partial charge is 0.200 e. The van der Waals surface area contributed by atoms with Crippen molar-refractivity contribution in [3.8, 4) is 23.0 Å². The van der Waals surface area contributed by atoms with Gasteiger partial charge in [-0.05, 0) is 132 Å². The van der Waals surface area contributed by atoms with Crippen molar-refractivity contribution in [3.05, 3.63) is 287 Å². The van der Waals surface area contributed by atoms with Gasteiger partial charge in [-0.25, -0.2) is 0 Å². The molecule has 2 aliphatic heterocycles. The molecule has 2 atom stereocenters. The van der Waals surface area contributed by atoms with Crippen molar-refractivity contribution in [2.75, 3.05) is 38.1 Å². The molecular weight excluding hydrogens is 885 g/mol. The normalized spacial score (nSPS) is 15.8. The number of rotatable bonds is 18. The molecule has 9 rings (SSSR count). The minimum atomic E-state index is -0.488. The third-order valence-electron chi connectivity index (χ3n) is 14.5. The van der Waals surface area contributed by atoms with Crippen LogP contribution in [0.15, 0.2) is 242 Å². The second-order valence-electron chi connectivity index (χ2n) is 19.1. The van der Waals surface area contributed by atoms with Crippen LogP contribution in [-0.4, -0.2) is 28.3 Å². The SMILES string of the molecule is C=C(/C=C/C=C1\Oc2cc(OC)ccc2N1C)C(Cc1ccccc1)(Cc1ccc(CC(Cc2ccccc2)(C(=C)/C=C/C=C2\Oc3cc(OC)ccc3N2C)c2ccccc2C)cc1)c1ccccc1C. The lowest BCUT2D eigenvalue weighted by atomic mass is 9.65. The van der Waals surface area contributed by atoms with E-state index < -0.39 is 10.8 Å². The standard InChI is InChI=1S/C66H64N2O4/c1-47-21-15-17-29-57(47)65(43-51-25-11-9-12-26-51,49(3)23-19-31-63-67(5)59-39-37-55(69-7)41-61(59)71-63)45-53-33-35-54(36-34-53)46-66(44-52-27-13-10-14-28-52,58-30-18-16-22-48(58)2)50(4)24-20-32-64-68(6)60-40-38-56(70-8)42-62(60)72-64/h9-42H,3-4,43-46H2,1-2,5-8H3/b23-19+,24-20+,63-31-,64-32-. The van der Waals surface area contributed by atoms with Crippen LogP contribution in [-0.2, 0) is 36.5 Å². The summed E-state index contributed by atoms with van der Waals surface area (Å²) >= 11 is 0. The molecule has 0 spiro atoms. The zero-order chi connectivity index (χ0) is 50.2. The van der Waals surface area contributed by atoms with E-state index in [1.54, 1.807) is 14.2 Å². The highest BCUT2D eigenvalue weighted by molar-refractivity contribution is 5.69. The average Bonchev–Trinajstić information content (AvgIpc) is 3.89. The molecular formula is C66H64N2O4. The van der Waals surface area contributed by atoms with Gasteiger partial charge in [0.05, 0.1) is 25.6 Å². The van der Waals surface area contributed by atoms with E-state index in [9.17, 15) is 0 Å². The molecule has 2 aliphatic rings. The van der Waals surface area contributed by atoms with E-state index in [1.807, 2.05) is 62.6 Å². The summed E-state index contributed by atoms with van der Waals surface area (Å²) in [5.74, 6) is 4.51. The van der Waals surface area contributed by atoms with Crippen LogP contribution in [0, 0.1) is 13.8 Å². The molecule has 7 aromatic carbocycles. The lowest BCUT2D eigenvalue weighted by molar-refractivity contribution is 0.406. The van der Waals surface area contributed by atoms with Gasteiger partial charge in [-0.3, -0.25) is 0 Å². The van der Waals surface area contributed by atoms with Gasteiger partial charge in [0.1, 0.15) is 11.5 Å². The summed E-state index contributed by atoms with van der Waals surface area (Å²) in [5, 5.41) is 0. The van der Waals surface area contributed by atoms with E-state index in [-0.39, 0.29) is 0 Å². The Balaban J connectivity index is 1.07. The number of aryl methyl sites for hydroxylation is 2. The number of ether oxygens (including phenoxy) is 4. The maximum Gasteiger partial charge on any atom is 0.200 e. The predicted molar refractivity (Wildman–Crippen MR) is 297 cm³/mol. The fraction of sp³-hybridized carbons (Fsp3) is 0.182. The maximum atomic E-state index is 6.32. The Kier molecular flexibility index (Phi) is 14.5. The molecule has 7 aromatic rings. The highest BCUT2D eigenvalue weighted by atomic mass is 16.5. The second kappa shape index (κ2) is 21.4. The number of allylic oxidation sites excluding steroid dienone is 8. The average molecular weight is 949 g/mol. The molecule has 0 bridgehead atoms. The van der Waals surface area contributed by atoms with E-state index in [4.69, 9.17) is 32.1 Å². The van der Waals surface area contributed by atoms with Gasteiger partial charge in [-0.2, -0.15) is 0 Å². The summed E-state index contributed by atoms with van der Waals surface area (Å²) in [6.45, 7) is 14.2. The van der Waals surface area contributed by atoms with E-state index in [0.29, 0.717) is 0 Å². The van der Waals surface area contributed by atoms with Gasteiger partial charge in [0.15, 0.2) is 23.3 Å². The lowest BCUT2D eigenvalue weighted by Gasteiger charge is -2.38. The Hall–Kier alpha value is -8.22. The highest BCUT2D eigenvalue weighted by Crippen LogP contribution is 2.45. The fourth-order valence-electron chi connectivity index (χ4n) is 10.6. The van der Waals surface area contributed by atoms with Gasteiger partial charge in [0, 0.05) is 37.1 Å². The third-order valence-corrected chi connectivity index (χ3v) is 14.5. The van der Waals surface area contributed by atoms with Crippen molar-refractivity contribution >= 4 is 11.4 Å². The molecule has 0 aromatic heterocycles. The Morgan fingerprint density at radius 3 is 1.18 bits per heavy atom. The molecule has 0 aliphatic carbocycles. The molecule has 72 heavy (non-hydrogen) atoms. The number of nitrogens with zero attached hydrogens (tertiary/aromatic N) is 2. The van der Waals surface area contributed by atoms with Crippen LogP contribution in [0.4, 0.5) is 11.4 Å². The first kappa shape index (κ1) is 48.8. The van der Waals surface area contributed by atoms with Crippen LogP contribution >= 0.6 is 0 Å². The molecule has 6 heteroatoms. The van der Waals surface area contributed by atoms with Crippen LogP contribution in [0.2, 0.25) is 0 Å². The van der Waals surface area contributed by atoms with Crippen molar-refractivity contribution in [2.45, 2.75) is 50.4 Å². The van der Waals surface area contributed by atoms with Crippen molar-refractivity contribution in [1.82, 2.24) is 0 Å². The Morgan fingerprint density at radius 1 is 0.472 bits per heavy atom. The first-order valence-electron chi connectivity index (χ1n) is 24.6. The molecule has 0 N–H and O–H groups in total. The molecule has 0 saturated heterocycles. The zero-order valence-electron chi connectivity index (χ0n) is 42.4. The lowest BCUT2D eigenvalue weighted by Crippen LogP contribution is -2.35. The van der Waals surface area contributed by atoms with E-state index in [1.165, 1.54) is 44.5 Å².